The fourth-order valence-corrected chi connectivity index (χ4v) is 7.38. The molecule has 1 aliphatic carbocycles. The topological polar surface area (TPSA) is 52.6 Å². The molecule has 0 N–H and O–H groups in total. The molecular weight excluding hydrogens is 604 g/mol. The number of ether oxygens (including phenoxy) is 2. The van der Waals surface area contributed by atoms with Crippen LogP contribution in [0.4, 0.5) is 0 Å². The van der Waals surface area contributed by atoms with Gasteiger partial charge in [0.2, 0.25) is 0 Å². The molecule has 4 heteroatoms. The van der Waals surface area contributed by atoms with Crippen molar-refractivity contribution in [2.75, 3.05) is 0 Å². The summed E-state index contributed by atoms with van der Waals surface area (Å²) in [7, 11) is 0. The Kier molecular flexibility index (Phi) is 32.3. The molecule has 1 saturated carbocycles. The van der Waals surface area contributed by atoms with Crippen molar-refractivity contribution in [1.82, 2.24) is 0 Å². The average Bonchev–Trinajstić information content (AvgIpc) is 3.10. The van der Waals surface area contributed by atoms with Crippen molar-refractivity contribution in [3.8, 4) is 0 Å². The molecule has 1 fully saturated rings. The van der Waals surface area contributed by atoms with E-state index in [0.717, 1.165) is 32.1 Å². The monoisotopic (exact) mass is 687 g/mol. The van der Waals surface area contributed by atoms with E-state index in [4.69, 9.17) is 9.47 Å². The molecule has 0 bridgehead atoms. The highest BCUT2D eigenvalue weighted by molar-refractivity contribution is 5.82. The summed E-state index contributed by atoms with van der Waals surface area (Å²) in [5, 5.41) is 0. The summed E-state index contributed by atoms with van der Waals surface area (Å²) in [6.07, 6.45) is 49.2. The van der Waals surface area contributed by atoms with Crippen molar-refractivity contribution >= 4 is 11.9 Å². The third-order valence-electron chi connectivity index (χ3n) is 10.7. The van der Waals surface area contributed by atoms with Crippen LogP contribution >= 0.6 is 0 Å². The molecule has 4 nitrogen and oxygen atoms in total. The lowest BCUT2D eigenvalue weighted by Gasteiger charge is -2.31. The second-order valence-corrected chi connectivity index (χ2v) is 15.5. The number of esters is 2. The summed E-state index contributed by atoms with van der Waals surface area (Å²) in [6.45, 7) is 6.72. The first kappa shape index (κ1) is 45.4. The SMILES string of the molecule is CCCCCCCCCCCCCCCCC=COC(=O)C1CCC(C)CC1C(=O)OC=CCCCCCCCCCCCCCCCC. The van der Waals surface area contributed by atoms with Gasteiger partial charge in [-0.3, -0.25) is 9.59 Å². The van der Waals surface area contributed by atoms with Crippen LogP contribution in [0, 0.1) is 17.8 Å². The molecule has 3 unspecified atom stereocenters. The lowest BCUT2D eigenvalue weighted by Crippen LogP contribution is -2.36. The Morgan fingerprint density at radius 1 is 0.449 bits per heavy atom. The van der Waals surface area contributed by atoms with E-state index < -0.39 is 11.8 Å². The maximum absolute atomic E-state index is 13.0. The number of hydrogen-bond donors (Lipinski definition) is 0. The molecule has 0 aromatic heterocycles. The summed E-state index contributed by atoms with van der Waals surface area (Å²) in [4.78, 5) is 25.9. The molecule has 3 atom stereocenters. The Morgan fingerprint density at radius 2 is 0.755 bits per heavy atom. The summed E-state index contributed by atoms with van der Waals surface area (Å²) in [6, 6.07) is 0. The van der Waals surface area contributed by atoms with Crippen molar-refractivity contribution in [2.24, 2.45) is 17.8 Å². The minimum atomic E-state index is -0.416. The highest BCUT2D eigenvalue weighted by atomic mass is 16.5. The van der Waals surface area contributed by atoms with Crippen LogP contribution in [0.25, 0.3) is 0 Å². The molecule has 0 amide bonds. The van der Waals surface area contributed by atoms with E-state index in [1.54, 1.807) is 12.5 Å². The van der Waals surface area contributed by atoms with Crippen LogP contribution in [-0.2, 0) is 19.1 Å². The zero-order chi connectivity index (χ0) is 35.5. The number of hydrogen-bond acceptors (Lipinski definition) is 4. The molecule has 0 saturated heterocycles. The molecular formula is C45H82O4. The summed E-state index contributed by atoms with van der Waals surface area (Å²) in [5.41, 5.74) is 0. The molecule has 0 heterocycles. The van der Waals surface area contributed by atoms with Gasteiger partial charge >= 0.3 is 11.9 Å². The Hall–Kier alpha value is -1.58. The predicted octanol–water partition coefficient (Wildman–Crippen LogP) is 14.9. The van der Waals surface area contributed by atoms with E-state index in [-0.39, 0.29) is 11.9 Å². The number of carbonyl (C=O) groups is 2. The molecule has 1 rings (SSSR count). The van der Waals surface area contributed by atoms with E-state index in [1.165, 1.54) is 167 Å². The molecule has 49 heavy (non-hydrogen) atoms. The smallest absolute Gasteiger partial charge is 0.314 e. The van der Waals surface area contributed by atoms with Crippen molar-refractivity contribution in [3.63, 3.8) is 0 Å². The Morgan fingerprint density at radius 3 is 1.10 bits per heavy atom. The molecule has 0 radical (unpaired) electrons. The quantitative estimate of drug-likeness (QED) is 0.0384. The van der Waals surface area contributed by atoms with Crippen molar-refractivity contribution in [3.05, 3.63) is 24.7 Å². The van der Waals surface area contributed by atoms with Gasteiger partial charge in [-0.15, -0.1) is 0 Å². The fourth-order valence-electron chi connectivity index (χ4n) is 7.38. The summed E-state index contributed by atoms with van der Waals surface area (Å²) >= 11 is 0. The summed E-state index contributed by atoms with van der Waals surface area (Å²) in [5.74, 6) is -0.971. The Balaban J connectivity index is 2.07. The van der Waals surface area contributed by atoms with Gasteiger partial charge in [-0.05, 0) is 63.0 Å². The average molecular weight is 687 g/mol. The zero-order valence-electron chi connectivity index (χ0n) is 33.0. The van der Waals surface area contributed by atoms with Crippen LogP contribution in [0.5, 0.6) is 0 Å². The minimum Gasteiger partial charge on any atom is -0.435 e. The van der Waals surface area contributed by atoms with Crippen LogP contribution in [-0.4, -0.2) is 11.9 Å². The normalized spacial score (nSPS) is 18.1. The third-order valence-corrected chi connectivity index (χ3v) is 10.7. The Labute approximate surface area is 305 Å². The van der Waals surface area contributed by atoms with Gasteiger partial charge in [-0.2, -0.15) is 0 Å². The van der Waals surface area contributed by atoms with Gasteiger partial charge in [0.05, 0.1) is 24.4 Å². The second kappa shape index (κ2) is 34.9. The van der Waals surface area contributed by atoms with Gasteiger partial charge < -0.3 is 9.47 Å². The first-order valence-corrected chi connectivity index (χ1v) is 21.8. The number of allylic oxidation sites excluding steroid dienone is 2. The molecule has 0 aromatic rings. The van der Waals surface area contributed by atoms with E-state index in [0.29, 0.717) is 18.8 Å². The number of carbonyl (C=O) groups excluding carboxylic acids is 2. The second-order valence-electron chi connectivity index (χ2n) is 15.5. The standard InChI is InChI=1S/C45H82O4/c1-4-6-8-10-12-14-16-18-20-22-24-26-28-30-32-34-38-48-44(46)42-37-36-41(3)40-43(42)45(47)49-39-35-33-31-29-27-25-23-21-19-17-15-13-11-9-7-5-2/h34-35,38-39,41-43H,4-33,36-37,40H2,1-3H3. The van der Waals surface area contributed by atoms with E-state index in [1.807, 2.05) is 12.2 Å². The van der Waals surface area contributed by atoms with E-state index in [9.17, 15) is 9.59 Å². The number of rotatable bonds is 34. The highest BCUT2D eigenvalue weighted by Gasteiger charge is 2.39. The van der Waals surface area contributed by atoms with Gasteiger partial charge in [-0.25, -0.2) is 0 Å². The maximum Gasteiger partial charge on any atom is 0.314 e. The van der Waals surface area contributed by atoms with E-state index in [2.05, 4.69) is 20.8 Å². The minimum absolute atomic E-state index is 0.280. The Bertz CT molecular complexity index is 802. The maximum atomic E-state index is 13.0. The summed E-state index contributed by atoms with van der Waals surface area (Å²) < 4.78 is 11.0. The fraction of sp³-hybridized carbons (Fsp3) is 0.867. The van der Waals surface area contributed by atoms with Gasteiger partial charge in [0.15, 0.2) is 0 Å². The van der Waals surface area contributed by atoms with E-state index >= 15 is 0 Å². The largest absolute Gasteiger partial charge is 0.435 e. The van der Waals surface area contributed by atoms with Crippen molar-refractivity contribution < 1.29 is 19.1 Å². The van der Waals surface area contributed by atoms with Crippen LogP contribution in [0.3, 0.4) is 0 Å². The molecule has 1 aliphatic rings. The van der Waals surface area contributed by atoms with Gasteiger partial charge in [0, 0.05) is 0 Å². The van der Waals surface area contributed by atoms with Crippen molar-refractivity contribution in [1.29, 1.82) is 0 Å². The van der Waals surface area contributed by atoms with Crippen LogP contribution in [0.1, 0.15) is 233 Å². The zero-order valence-corrected chi connectivity index (χ0v) is 33.0. The first-order valence-electron chi connectivity index (χ1n) is 21.8. The van der Waals surface area contributed by atoms with Crippen molar-refractivity contribution in [2.45, 2.75) is 233 Å². The molecule has 0 aromatic carbocycles. The van der Waals surface area contributed by atoms with Gasteiger partial charge in [0.1, 0.15) is 0 Å². The third kappa shape index (κ3) is 27.8. The number of unbranched alkanes of at least 4 members (excludes halogenated alkanes) is 28. The lowest BCUT2D eigenvalue weighted by molar-refractivity contribution is -0.157. The molecule has 286 valence electrons. The van der Waals surface area contributed by atoms with Crippen LogP contribution < -0.4 is 0 Å². The van der Waals surface area contributed by atoms with Crippen LogP contribution in [0.2, 0.25) is 0 Å². The highest BCUT2D eigenvalue weighted by Crippen LogP contribution is 2.35. The predicted molar refractivity (Wildman–Crippen MR) is 210 cm³/mol. The lowest BCUT2D eigenvalue weighted by atomic mass is 9.74. The molecule has 0 spiro atoms. The molecule has 0 aliphatic heterocycles. The van der Waals surface area contributed by atoms with Gasteiger partial charge in [0.25, 0.3) is 0 Å². The van der Waals surface area contributed by atoms with Crippen LogP contribution in [0.15, 0.2) is 24.7 Å². The van der Waals surface area contributed by atoms with Gasteiger partial charge in [-0.1, -0.05) is 188 Å². The first-order chi connectivity index (χ1) is 24.1.